The molecule has 6 heteroatoms. The molecular formula is C15H24Cl2N2O2. The zero-order valence-corrected chi connectivity index (χ0v) is 14.3. The van der Waals surface area contributed by atoms with Crippen molar-refractivity contribution in [2.45, 2.75) is 33.2 Å². The molecule has 0 aromatic heterocycles. The first-order chi connectivity index (χ1) is 9.54. The first-order valence-electron chi connectivity index (χ1n) is 6.84. The summed E-state index contributed by atoms with van der Waals surface area (Å²) < 4.78 is 5.26. The maximum absolute atomic E-state index is 12.4. The first kappa shape index (κ1) is 20.0. The van der Waals surface area contributed by atoms with Crippen molar-refractivity contribution >= 4 is 29.9 Å². The Hall–Kier alpha value is -0.970. The summed E-state index contributed by atoms with van der Waals surface area (Å²) >= 11 is 6.15. The lowest BCUT2D eigenvalue weighted by molar-refractivity contribution is -0.131. The Balaban J connectivity index is 0.00000400. The van der Waals surface area contributed by atoms with Crippen LogP contribution in [0, 0.1) is 5.41 Å². The van der Waals surface area contributed by atoms with E-state index in [1.54, 1.807) is 13.2 Å². The second-order valence-corrected chi connectivity index (χ2v) is 5.20. The van der Waals surface area contributed by atoms with E-state index in [1.165, 1.54) is 0 Å². The van der Waals surface area contributed by atoms with Gasteiger partial charge >= 0.3 is 0 Å². The van der Waals surface area contributed by atoms with Crippen LogP contribution in [0.25, 0.3) is 0 Å². The summed E-state index contributed by atoms with van der Waals surface area (Å²) in [7, 11) is 1.58. The smallest absolute Gasteiger partial charge is 0.227 e. The van der Waals surface area contributed by atoms with E-state index in [1.807, 2.05) is 26.0 Å². The second kappa shape index (κ2) is 9.13. The number of halogens is 2. The number of carbonyl (C=O) groups is 1. The topological polar surface area (TPSA) is 64.4 Å². The summed E-state index contributed by atoms with van der Waals surface area (Å²) in [4.78, 5) is 12.4. The van der Waals surface area contributed by atoms with Gasteiger partial charge in [-0.25, -0.2) is 0 Å². The number of amides is 1. The van der Waals surface area contributed by atoms with Crippen LogP contribution in [-0.2, 0) is 11.3 Å². The van der Waals surface area contributed by atoms with Gasteiger partial charge in [-0.1, -0.05) is 31.5 Å². The van der Waals surface area contributed by atoms with Gasteiger partial charge in [0.2, 0.25) is 5.91 Å². The zero-order chi connectivity index (χ0) is 15.2. The van der Waals surface area contributed by atoms with Crippen molar-refractivity contribution in [2.75, 3.05) is 13.7 Å². The minimum atomic E-state index is -0.505. The third-order valence-electron chi connectivity index (χ3n) is 3.95. The van der Waals surface area contributed by atoms with Crippen molar-refractivity contribution < 1.29 is 9.53 Å². The average Bonchev–Trinajstić information content (AvgIpc) is 2.48. The summed E-state index contributed by atoms with van der Waals surface area (Å²) in [6.07, 6.45) is 1.43. The van der Waals surface area contributed by atoms with Crippen molar-refractivity contribution in [1.82, 2.24) is 5.32 Å². The van der Waals surface area contributed by atoms with Crippen molar-refractivity contribution in [2.24, 2.45) is 11.1 Å². The van der Waals surface area contributed by atoms with E-state index in [0.29, 0.717) is 36.7 Å². The highest BCUT2D eigenvalue weighted by Gasteiger charge is 2.33. The summed E-state index contributed by atoms with van der Waals surface area (Å²) in [5.74, 6) is 0.635. The van der Waals surface area contributed by atoms with Gasteiger partial charge in [-0.2, -0.15) is 0 Å². The molecule has 0 aliphatic rings. The number of hydrogen-bond donors (Lipinski definition) is 2. The highest BCUT2D eigenvalue weighted by atomic mass is 35.5. The standard InChI is InChI=1S/C15H23ClN2O2.ClH/c1-4-15(5-2,10-17)14(19)18-9-11-12(16)7-6-8-13(11)20-3;/h6-8H,4-5,9-10,17H2,1-3H3,(H,18,19);1H. The molecule has 4 nitrogen and oxygen atoms in total. The average molecular weight is 335 g/mol. The normalized spacial score (nSPS) is 10.7. The van der Waals surface area contributed by atoms with E-state index in [0.717, 1.165) is 5.56 Å². The molecule has 0 saturated heterocycles. The van der Waals surface area contributed by atoms with Gasteiger partial charge < -0.3 is 15.8 Å². The van der Waals surface area contributed by atoms with E-state index in [4.69, 9.17) is 22.1 Å². The Morgan fingerprint density at radius 2 is 2.00 bits per heavy atom. The van der Waals surface area contributed by atoms with Crippen molar-refractivity contribution in [1.29, 1.82) is 0 Å². The number of carbonyl (C=O) groups excluding carboxylic acids is 1. The maximum atomic E-state index is 12.4. The van der Waals surface area contributed by atoms with Crippen LogP contribution in [-0.4, -0.2) is 19.6 Å². The van der Waals surface area contributed by atoms with Crippen molar-refractivity contribution in [3.8, 4) is 5.75 Å². The van der Waals surface area contributed by atoms with E-state index >= 15 is 0 Å². The predicted molar refractivity (Wildman–Crippen MR) is 89.2 cm³/mol. The molecule has 0 bridgehead atoms. The van der Waals surface area contributed by atoms with Crippen LogP contribution in [0.4, 0.5) is 0 Å². The molecular weight excluding hydrogens is 311 g/mol. The Bertz CT molecular complexity index is 455. The van der Waals surface area contributed by atoms with Gasteiger partial charge in [0.1, 0.15) is 5.75 Å². The lowest BCUT2D eigenvalue weighted by Gasteiger charge is -2.28. The Morgan fingerprint density at radius 1 is 1.38 bits per heavy atom. The van der Waals surface area contributed by atoms with Crippen LogP contribution in [0.3, 0.4) is 0 Å². The minimum absolute atomic E-state index is 0. The highest BCUT2D eigenvalue weighted by molar-refractivity contribution is 6.31. The largest absolute Gasteiger partial charge is 0.496 e. The first-order valence-corrected chi connectivity index (χ1v) is 7.22. The number of rotatable bonds is 7. The summed E-state index contributed by atoms with van der Waals surface area (Å²) in [6, 6.07) is 5.42. The SMILES string of the molecule is CCC(CC)(CN)C(=O)NCc1c(Cl)cccc1OC.Cl. The molecule has 0 saturated carbocycles. The maximum Gasteiger partial charge on any atom is 0.227 e. The lowest BCUT2D eigenvalue weighted by Crippen LogP contribution is -2.45. The fourth-order valence-electron chi connectivity index (χ4n) is 2.21. The summed E-state index contributed by atoms with van der Waals surface area (Å²) in [5, 5.41) is 3.50. The van der Waals surface area contributed by atoms with Crippen molar-refractivity contribution in [3.63, 3.8) is 0 Å². The molecule has 120 valence electrons. The van der Waals surface area contributed by atoms with Crippen LogP contribution < -0.4 is 15.8 Å². The molecule has 1 rings (SSSR count). The summed E-state index contributed by atoms with van der Waals surface area (Å²) in [5.41, 5.74) is 6.05. The number of ether oxygens (including phenoxy) is 1. The number of hydrogen-bond acceptors (Lipinski definition) is 3. The zero-order valence-electron chi connectivity index (χ0n) is 12.7. The van der Waals surface area contributed by atoms with Crippen molar-refractivity contribution in [3.05, 3.63) is 28.8 Å². The van der Waals surface area contributed by atoms with Gasteiger partial charge in [0, 0.05) is 23.7 Å². The molecule has 0 aliphatic carbocycles. The Morgan fingerprint density at radius 3 is 2.48 bits per heavy atom. The fraction of sp³-hybridized carbons (Fsp3) is 0.533. The molecule has 21 heavy (non-hydrogen) atoms. The molecule has 0 heterocycles. The van der Waals surface area contributed by atoms with Crippen LogP contribution in [0.2, 0.25) is 5.02 Å². The number of benzene rings is 1. The van der Waals surface area contributed by atoms with Gasteiger partial charge in [0.05, 0.1) is 12.5 Å². The molecule has 1 aromatic carbocycles. The van der Waals surface area contributed by atoms with E-state index in [9.17, 15) is 4.79 Å². The quantitative estimate of drug-likeness (QED) is 0.804. The lowest BCUT2D eigenvalue weighted by atomic mass is 9.81. The molecule has 0 unspecified atom stereocenters. The molecule has 0 radical (unpaired) electrons. The monoisotopic (exact) mass is 334 g/mol. The number of nitrogens with one attached hydrogen (secondary N) is 1. The fourth-order valence-corrected chi connectivity index (χ4v) is 2.44. The van der Waals surface area contributed by atoms with Gasteiger partial charge in [-0.05, 0) is 25.0 Å². The molecule has 0 atom stereocenters. The van der Waals surface area contributed by atoms with Gasteiger partial charge in [0.15, 0.2) is 0 Å². The summed E-state index contributed by atoms with van der Waals surface area (Å²) in [6.45, 7) is 4.63. The van der Waals surface area contributed by atoms with E-state index < -0.39 is 5.41 Å². The molecule has 0 spiro atoms. The van der Waals surface area contributed by atoms with Crippen LogP contribution >= 0.6 is 24.0 Å². The third kappa shape index (κ3) is 4.50. The number of methoxy groups -OCH3 is 1. The molecule has 0 fully saturated rings. The molecule has 3 N–H and O–H groups in total. The van der Waals surface area contributed by atoms with Crippen LogP contribution in [0.15, 0.2) is 18.2 Å². The Labute approximate surface area is 137 Å². The van der Waals surface area contributed by atoms with E-state index in [-0.39, 0.29) is 18.3 Å². The number of nitrogens with two attached hydrogens (primary N) is 1. The molecule has 1 aromatic rings. The predicted octanol–water partition coefficient (Wildman–Crippen LogP) is 3.15. The third-order valence-corrected chi connectivity index (χ3v) is 4.30. The Kier molecular flexibility index (Phi) is 8.71. The molecule has 1 amide bonds. The molecule has 0 aliphatic heterocycles. The highest BCUT2D eigenvalue weighted by Crippen LogP contribution is 2.28. The van der Waals surface area contributed by atoms with Crippen LogP contribution in [0.5, 0.6) is 5.75 Å². The second-order valence-electron chi connectivity index (χ2n) is 4.79. The van der Waals surface area contributed by atoms with Gasteiger partial charge in [-0.15, -0.1) is 12.4 Å². The van der Waals surface area contributed by atoms with Gasteiger partial charge in [0.25, 0.3) is 0 Å². The minimum Gasteiger partial charge on any atom is -0.496 e. The van der Waals surface area contributed by atoms with Crippen LogP contribution in [0.1, 0.15) is 32.3 Å². The van der Waals surface area contributed by atoms with E-state index in [2.05, 4.69) is 5.32 Å². The van der Waals surface area contributed by atoms with Gasteiger partial charge in [-0.3, -0.25) is 4.79 Å².